The molecule has 1 heterocycles. The fourth-order valence-electron chi connectivity index (χ4n) is 0.591. The van der Waals surface area contributed by atoms with E-state index in [9.17, 15) is 12.3 Å². The first kappa shape index (κ1) is 8.62. The van der Waals surface area contributed by atoms with Crippen molar-refractivity contribution in [2.45, 2.75) is 5.03 Å². The van der Waals surface area contributed by atoms with Crippen molar-refractivity contribution in [3.05, 3.63) is 23.9 Å². The molecule has 62 valence electrons. The van der Waals surface area contributed by atoms with Crippen molar-refractivity contribution in [2.24, 2.45) is 0 Å². The van der Waals surface area contributed by atoms with E-state index < -0.39 is 15.2 Å². The normalized spacial score (nSPS) is 10.7. The largest absolute Gasteiger partial charge is 0.349 e. The Balaban J connectivity index is 3.20. The van der Waals surface area contributed by atoms with Gasteiger partial charge in [-0.1, -0.05) is 3.89 Å². The lowest BCUT2D eigenvalue weighted by Crippen LogP contribution is -1.95. The van der Waals surface area contributed by atoms with Gasteiger partial charge in [-0.2, -0.15) is 13.7 Å². The molecule has 0 spiro atoms. The van der Waals surface area contributed by atoms with Crippen LogP contribution in [0.2, 0.25) is 0 Å². The Bertz CT molecular complexity index is 418. The number of nitrogens with zero attached hydrogens (tertiary/aromatic N) is 2. The van der Waals surface area contributed by atoms with Gasteiger partial charge in [0.05, 0.1) is 5.56 Å². The van der Waals surface area contributed by atoms with Gasteiger partial charge in [0, 0.05) is 6.20 Å². The van der Waals surface area contributed by atoms with E-state index in [0.717, 1.165) is 12.3 Å². The predicted molar refractivity (Wildman–Crippen MR) is 37.2 cm³/mol. The number of pyridine rings is 1. The summed E-state index contributed by atoms with van der Waals surface area (Å²) in [4.78, 5) is 3.24. The molecule has 0 bridgehead atoms. The zero-order chi connectivity index (χ0) is 9.19. The summed E-state index contributed by atoms with van der Waals surface area (Å²) >= 11 is 0. The minimum atomic E-state index is -4.75. The molecule has 12 heavy (non-hydrogen) atoms. The molecule has 0 aromatic carbocycles. The summed E-state index contributed by atoms with van der Waals surface area (Å²) in [5.41, 5.74) is 0.183. The molecule has 0 atom stereocenters. The number of aromatic nitrogens is 1. The van der Waals surface area contributed by atoms with Crippen LogP contribution in [0.4, 0.5) is 3.89 Å². The van der Waals surface area contributed by atoms with Crippen LogP contribution in [0.1, 0.15) is 5.56 Å². The lowest BCUT2D eigenvalue weighted by molar-refractivity contribution is 0.548. The maximum absolute atomic E-state index is 12.2. The molecule has 0 saturated carbocycles. The van der Waals surface area contributed by atoms with Gasteiger partial charge in [-0.05, 0) is 12.1 Å². The molecule has 6 heteroatoms. The summed E-state index contributed by atoms with van der Waals surface area (Å²) in [6, 6.07) is 3.84. The van der Waals surface area contributed by atoms with Crippen LogP contribution in [0, 0.1) is 11.3 Å². The summed E-state index contributed by atoms with van der Waals surface area (Å²) in [6.45, 7) is 0. The number of halogens is 1. The van der Waals surface area contributed by atoms with E-state index in [-0.39, 0.29) is 5.56 Å². The molecule has 0 aliphatic heterocycles. The van der Waals surface area contributed by atoms with E-state index in [4.69, 9.17) is 5.26 Å². The van der Waals surface area contributed by atoms with E-state index in [1.807, 2.05) is 0 Å². The van der Waals surface area contributed by atoms with Crippen molar-refractivity contribution >= 4 is 10.2 Å². The molecule has 0 aliphatic carbocycles. The van der Waals surface area contributed by atoms with E-state index >= 15 is 0 Å². The first-order valence-electron chi connectivity index (χ1n) is 2.85. The maximum atomic E-state index is 12.2. The fraction of sp³-hybridized carbons (Fsp3) is 0. The van der Waals surface area contributed by atoms with Crippen LogP contribution < -0.4 is 0 Å². The summed E-state index contributed by atoms with van der Waals surface area (Å²) < 4.78 is 32.6. The topological polar surface area (TPSA) is 70.8 Å². The van der Waals surface area contributed by atoms with Crippen LogP contribution in [0.25, 0.3) is 0 Å². The van der Waals surface area contributed by atoms with Crippen LogP contribution in [-0.4, -0.2) is 13.4 Å². The standard InChI is InChI=1S/C6H3FN2O2S/c7-12(10,11)6-2-1-5(3-8)4-9-6/h1-2,4H. The van der Waals surface area contributed by atoms with Gasteiger partial charge in [-0.15, -0.1) is 0 Å². The molecule has 0 unspecified atom stereocenters. The van der Waals surface area contributed by atoms with Crippen LogP contribution in [-0.2, 0) is 10.2 Å². The lowest BCUT2D eigenvalue weighted by Gasteiger charge is -1.91. The van der Waals surface area contributed by atoms with Gasteiger partial charge in [-0.25, -0.2) is 4.98 Å². The van der Waals surface area contributed by atoms with Gasteiger partial charge in [0.25, 0.3) is 0 Å². The van der Waals surface area contributed by atoms with Crippen molar-refractivity contribution < 1.29 is 12.3 Å². The monoisotopic (exact) mass is 186 g/mol. The van der Waals surface area contributed by atoms with Crippen LogP contribution >= 0.6 is 0 Å². The number of hydrogen-bond acceptors (Lipinski definition) is 4. The minimum Gasteiger partial charge on any atom is -0.241 e. The van der Waals surface area contributed by atoms with Crippen molar-refractivity contribution in [1.29, 1.82) is 5.26 Å². The molecule has 0 N–H and O–H groups in total. The number of rotatable bonds is 1. The highest BCUT2D eigenvalue weighted by Gasteiger charge is 2.12. The highest BCUT2D eigenvalue weighted by atomic mass is 32.3. The van der Waals surface area contributed by atoms with E-state index in [0.29, 0.717) is 0 Å². The fourth-order valence-corrected chi connectivity index (χ4v) is 1.000. The van der Waals surface area contributed by atoms with Crippen molar-refractivity contribution in [2.75, 3.05) is 0 Å². The molecule has 0 radical (unpaired) electrons. The Morgan fingerprint density at radius 2 is 2.17 bits per heavy atom. The van der Waals surface area contributed by atoms with Gasteiger partial charge in [0.2, 0.25) is 0 Å². The Morgan fingerprint density at radius 3 is 2.50 bits per heavy atom. The molecule has 1 aromatic heterocycles. The van der Waals surface area contributed by atoms with E-state index in [2.05, 4.69) is 4.98 Å². The lowest BCUT2D eigenvalue weighted by atomic mass is 10.3. The van der Waals surface area contributed by atoms with E-state index in [1.54, 1.807) is 6.07 Å². The Kier molecular flexibility index (Phi) is 2.06. The summed E-state index contributed by atoms with van der Waals surface area (Å²) in [5.74, 6) is 0. The smallest absolute Gasteiger partial charge is 0.241 e. The zero-order valence-electron chi connectivity index (χ0n) is 5.73. The molecule has 4 nitrogen and oxygen atoms in total. The number of hydrogen-bond donors (Lipinski definition) is 0. The summed E-state index contributed by atoms with van der Waals surface area (Å²) in [5, 5.41) is 7.62. The maximum Gasteiger partial charge on any atom is 0.349 e. The molecule has 0 amide bonds. The van der Waals surface area contributed by atoms with Crippen molar-refractivity contribution in [3.63, 3.8) is 0 Å². The van der Waals surface area contributed by atoms with Crippen LogP contribution in [0.5, 0.6) is 0 Å². The second-order valence-electron chi connectivity index (χ2n) is 1.93. The van der Waals surface area contributed by atoms with Crippen molar-refractivity contribution in [1.82, 2.24) is 4.98 Å². The molecule has 0 aliphatic rings. The average molecular weight is 186 g/mol. The van der Waals surface area contributed by atoms with E-state index in [1.165, 1.54) is 6.07 Å². The Hall–Kier alpha value is -1.48. The SMILES string of the molecule is N#Cc1ccc(S(=O)(=O)F)nc1. The van der Waals surface area contributed by atoms with Crippen LogP contribution in [0.3, 0.4) is 0 Å². The third-order valence-electron chi connectivity index (χ3n) is 1.12. The highest BCUT2D eigenvalue weighted by molar-refractivity contribution is 7.86. The molecular weight excluding hydrogens is 183 g/mol. The number of nitriles is 1. The predicted octanol–water partition coefficient (Wildman–Crippen LogP) is 0.611. The highest BCUT2D eigenvalue weighted by Crippen LogP contribution is 2.08. The van der Waals surface area contributed by atoms with Gasteiger partial charge in [-0.3, -0.25) is 0 Å². The third kappa shape index (κ3) is 1.77. The Morgan fingerprint density at radius 1 is 1.50 bits per heavy atom. The third-order valence-corrected chi connectivity index (χ3v) is 1.86. The molecule has 0 saturated heterocycles. The summed E-state index contributed by atoms with van der Waals surface area (Å²) in [6.07, 6.45) is 0.993. The average Bonchev–Trinajstić information content (AvgIpc) is 2.03. The summed E-state index contributed by atoms with van der Waals surface area (Å²) in [7, 11) is -4.75. The van der Waals surface area contributed by atoms with Gasteiger partial charge in [0.15, 0.2) is 5.03 Å². The van der Waals surface area contributed by atoms with Gasteiger partial charge < -0.3 is 0 Å². The first-order chi connectivity index (χ1) is 5.54. The Labute approximate surface area is 68.5 Å². The zero-order valence-corrected chi connectivity index (χ0v) is 6.55. The van der Waals surface area contributed by atoms with Gasteiger partial charge in [0.1, 0.15) is 6.07 Å². The van der Waals surface area contributed by atoms with Crippen LogP contribution in [0.15, 0.2) is 23.4 Å². The molecule has 0 fully saturated rings. The quantitative estimate of drug-likeness (QED) is 0.602. The first-order valence-corrected chi connectivity index (χ1v) is 4.23. The second kappa shape index (κ2) is 2.87. The minimum absolute atomic E-state index is 0.183. The molecule has 1 aromatic rings. The second-order valence-corrected chi connectivity index (χ2v) is 3.23. The molecular formula is C6H3FN2O2S. The van der Waals surface area contributed by atoms with Crippen molar-refractivity contribution in [3.8, 4) is 6.07 Å². The van der Waals surface area contributed by atoms with Gasteiger partial charge >= 0.3 is 10.2 Å². The molecule has 1 rings (SSSR count).